The van der Waals surface area contributed by atoms with Crippen molar-refractivity contribution >= 4 is 17.5 Å². The molecule has 0 amide bonds. The molecule has 0 aromatic carbocycles. The van der Waals surface area contributed by atoms with Gasteiger partial charge in [-0.3, -0.25) is 10.1 Å². The fraction of sp³-hybridized carbons (Fsp3) is 0.571. The van der Waals surface area contributed by atoms with Crippen molar-refractivity contribution in [2.24, 2.45) is 5.41 Å². The van der Waals surface area contributed by atoms with E-state index < -0.39 is 10.9 Å². The molecule has 21 heavy (non-hydrogen) atoms. The van der Waals surface area contributed by atoms with Gasteiger partial charge in [-0.05, 0) is 24.7 Å². The van der Waals surface area contributed by atoms with Crippen molar-refractivity contribution in [1.82, 2.24) is 4.98 Å². The van der Waals surface area contributed by atoms with Gasteiger partial charge in [0.1, 0.15) is 17.6 Å². The van der Waals surface area contributed by atoms with E-state index in [-0.39, 0.29) is 22.5 Å². The Labute approximate surface area is 122 Å². The summed E-state index contributed by atoms with van der Waals surface area (Å²) in [5.41, 5.74) is -0.295. The monoisotopic (exact) mass is 293 g/mol. The van der Waals surface area contributed by atoms with Crippen LogP contribution >= 0.6 is 0 Å². The standard InChI is InChI=1S/C14H19N3O4/c1-2-14(5-3-4-6-14)9-16-12-11(13(18)19)7-10(8-15-12)17(20)21/h7-8H,2-6,9H2,1H3,(H,15,16)(H,18,19). The van der Waals surface area contributed by atoms with Crippen LogP contribution in [-0.4, -0.2) is 27.5 Å². The van der Waals surface area contributed by atoms with Gasteiger partial charge in [0.05, 0.1) is 4.92 Å². The maximum Gasteiger partial charge on any atom is 0.339 e. The van der Waals surface area contributed by atoms with Crippen LogP contribution < -0.4 is 5.32 Å². The Morgan fingerprint density at radius 1 is 1.52 bits per heavy atom. The highest BCUT2D eigenvalue weighted by atomic mass is 16.6. The summed E-state index contributed by atoms with van der Waals surface area (Å²) in [6.07, 6.45) is 6.72. The summed E-state index contributed by atoms with van der Waals surface area (Å²) >= 11 is 0. The minimum atomic E-state index is -1.22. The molecule has 1 heterocycles. The summed E-state index contributed by atoms with van der Waals surface area (Å²) < 4.78 is 0. The molecule has 2 N–H and O–H groups in total. The maximum atomic E-state index is 11.2. The molecule has 7 nitrogen and oxygen atoms in total. The van der Waals surface area contributed by atoms with Crippen LogP contribution in [0.15, 0.2) is 12.3 Å². The van der Waals surface area contributed by atoms with Crippen LogP contribution in [0.3, 0.4) is 0 Å². The average molecular weight is 293 g/mol. The lowest BCUT2D eigenvalue weighted by Crippen LogP contribution is -2.27. The van der Waals surface area contributed by atoms with Gasteiger partial charge >= 0.3 is 5.97 Å². The Kier molecular flexibility index (Phi) is 4.40. The number of pyridine rings is 1. The molecule has 0 bridgehead atoms. The molecule has 0 unspecified atom stereocenters. The van der Waals surface area contributed by atoms with Gasteiger partial charge in [0.25, 0.3) is 5.69 Å². The minimum absolute atomic E-state index is 0.159. The van der Waals surface area contributed by atoms with E-state index in [9.17, 15) is 20.0 Å². The normalized spacial score (nSPS) is 16.6. The van der Waals surface area contributed by atoms with Crippen LogP contribution in [0.5, 0.6) is 0 Å². The topological polar surface area (TPSA) is 105 Å². The second kappa shape index (κ2) is 6.07. The van der Waals surface area contributed by atoms with Crippen molar-refractivity contribution in [2.45, 2.75) is 39.0 Å². The lowest BCUT2D eigenvalue weighted by molar-refractivity contribution is -0.385. The van der Waals surface area contributed by atoms with Crippen molar-refractivity contribution in [1.29, 1.82) is 0 Å². The SMILES string of the molecule is CCC1(CNc2ncc([N+](=O)[O-])cc2C(=O)O)CCCC1. The van der Waals surface area contributed by atoms with Crippen molar-refractivity contribution < 1.29 is 14.8 Å². The second-order valence-electron chi connectivity index (χ2n) is 5.57. The number of aromatic carboxylic acids is 1. The van der Waals surface area contributed by atoms with Crippen LogP contribution in [0.1, 0.15) is 49.4 Å². The van der Waals surface area contributed by atoms with Crippen molar-refractivity contribution in [3.63, 3.8) is 0 Å². The molecule has 0 saturated heterocycles. The Bertz CT molecular complexity index is 553. The van der Waals surface area contributed by atoms with Gasteiger partial charge in [-0.25, -0.2) is 9.78 Å². The first-order chi connectivity index (χ1) is 9.97. The van der Waals surface area contributed by atoms with Gasteiger partial charge in [-0.2, -0.15) is 0 Å². The Morgan fingerprint density at radius 2 is 2.19 bits per heavy atom. The quantitative estimate of drug-likeness (QED) is 0.616. The van der Waals surface area contributed by atoms with E-state index in [0.717, 1.165) is 31.5 Å². The van der Waals surface area contributed by atoms with Crippen LogP contribution in [-0.2, 0) is 0 Å². The summed E-state index contributed by atoms with van der Waals surface area (Å²) in [4.78, 5) is 25.2. The lowest BCUT2D eigenvalue weighted by atomic mass is 9.83. The zero-order valence-corrected chi connectivity index (χ0v) is 12.0. The van der Waals surface area contributed by atoms with Crippen molar-refractivity contribution in [3.05, 3.63) is 27.9 Å². The number of carboxylic acids is 1. The number of hydrogen-bond acceptors (Lipinski definition) is 5. The fourth-order valence-corrected chi connectivity index (χ4v) is 2.91. The maximum absolute atomic E-state index is 11.2. The molecule has 2 rings (SSSR count). The fourth-order valence-electron chi connectivity index (χ4n) is 2.91. The largest absolute Gasteiger partial charge is 0.478 e. The number of hydrogen-bond donors (Lipinski definition) is 2. The highest BCUT2D eigenvalue weighted by Gasteiger charge is 2.32. The minimum Gasteiger partial charge on any atom is -0.478 e. The summed E-state index contributed by atoms with van der Waals surface area (Å²) in [7, 11) is 0. The molecule has 7 heteroatoms. The molecular formula is C14H19N3O4. The van der Waals surface area contributed by atoms with E-state index in [1.165, 1.54) is 12.8 Å². The summed E-state index contributed by atoms with van der Waals surface area (Å²) in [6, 6.07) is 1.05. The molecule has 1 aliphatic rings. The predicted octanol–water partition coefficient (Wildman–Crippen LogP) is 3.07. The zero-order valence-electron chi connectivity index (χ0n) is 12.0. The van der Waals surface area contributed by atoms with E-state index in [1.54, 1.807) is 0 Å². The first-order valence-electron chi connectivity index (χ1n) is 7.09. The third-order valence-electron chi connectivity index (χ3n) is 4.36. The molecule has 1 saturated carbocycles. The van der Waals surface area contributed by atoms with Gasteiger partial charge in [-0.15, -0.1) is 0 Å². The molecule has 0 aliphatic heterocycles. The zero-order chi connectivity index (χ0) is 15.5. The summed E-state index contributed by atoms with van der Waals surface area (Å²) in [5.74, 6) is -1.02. The van der Waals surface area contributed by atoms with Gasteiger partial charge in [0.2, 0.25) is 0 Å². The van der Waals surface area contributed by atoms with Crippen molar-refractivity contribution in [2.75, 3.05) is 11.9 Å². The molecule has 114 valence electrons. The lowest BCUT2D eigenvalue weighted by Gasteiger charge is -2.28. The average Bonchev–Trinajstić information content (AvgIpc) is 2.94. The van der Waals surface area contributed by atoms with Crippen LogP contribution in [0.4, 0.5) is 11.5 Å². The number of nitrogens with one attached hydrogen (secondary N) is 1. The first-order valence-corrected chi connectivity index (χ1v) is 7.09. The number of anilines is 1. The smallest absolute Gasteiger partial charge is 0.339 e. The van der Waals surface area contributed by atoms with Gasteiger partial charge in [-0.1, -0.05) is 19.8 Å². The molecule has 0 radical (unpaired) electrons. The van der Waals surface area contributed by atoms with E-state index >= 15 is 0 Å². The van der Waals surface area contributed by atoms with Crippen LogP contribution in [0.25, 0.3) is 0 Å². The van der Waals surface area contributed by atoms with E-state index in [4.69, 9.17) is 0 Å². The molecule has 1 fully saturated rings. The highest BCUT2D eigenvalue weighted by Crippen LogP contribution is 2.41. The molecule has 1 aliphatic carbocycles. The predicted molar refractivity (Wildman–Crippen MR) is 77.5 cm³/mol. The van der Waals surface area contributed by atoms with E-state index in [2.05, 4.69) is 17.2 Å². The number of nitrogens with zero attached hydrogens (tertiary/aromatic N) is 2. The molecule has 0 atom stereocenters. The number of carbonyl (C=O) groups is 1. The molecule has 1 aromatic heterocycles. The van der Waals surface area contributed by atoms with Gasteiger partial charge < -0.3 is 10.4 Å². The third-order valence-corrected chi connectivity index (χ3v) is 4.36. The van der Waals surface area contributed by atoms with E-state index in [1.807, 2.05) is 0 Å². The van der Waals surface area contributed by atoms with Crippen LogP contribution in [0, 0.1) is 15.5 Å². The van der Waals surface area contributed by atoms with E-state index in [0.29, 0.717) is 6.54 Å². The van der Waals surface area contributed by atoms with Crippen molar-refractivity contribution in [3.8, 4) is 0 Å². The highest BCUT2D eigenvalue weighted by molar-refractivity contribution is 5.93. The van der Waals surface area contributed by atoms with Crippen LogP contribution in [0.2, 0.25) is 0 Å². The Morgan fingerprint density at radius 3 is 2.71 bits per heavy atom. The second-order valence-corrected chi connectivity index (χ2v) is 5.57. The first kappa shape index (κ1) is 15.2. The summed E-state index contributed by atoms with van der Waals surface area (Å²) in [6.45, 7) is 2.78. The molecule has 1 aromatic rings. The molecular weight excluding hydrogens is 274 g/mol. The number of carboxylic acid groups (broad SMARTS) is 1. The van der Waals surface area contributed by atoms with Gasteiger partial charge in [0.15, 0.2) is 0 Å². The number of aromatic nitrogens is 1. The molecule has 0 spiro atoms. The number of nitro groups is 1. The Balaban J connectivity index is 2.19. The van der Waals surface area contributed by atoms with Gasteiger partial charge in [0, 0.05) is 12.6 Å². The Hall–Kier alpha value is -2.18. The number of rotatable bonds is 6. The third kappa shape index (κ3) is 3.29. The summed E-state index contributed by atoms with van der Waals surface area (Å²) in [5, 5.41) is 23.0.